The number of hydrogen-bond acceptors (Lipinski definition) is 3. The highest BCUT2D eigenvalue weighted by atomic mass is 15.1. The third-order valence-corrected chi connectivity index (χ3v) is 4.51. The Hall–Kier alpha value is -1.77. The van der Waals surface area contributed by atoms with Crippen molar-refractivity contribution in [2.45, 2.75) is 32.1 Å². The van der Waals surface area contributed by atoms with Gasteiger partial charge in [0.1, 0.15) is 0 Å². The number of nitrogen functional groups attached to an aromatic ring is 1. The molecule has 0 spiro atoms. The molecule has 1 aromatic carbocycles. The summed E-state index contributed by atoms with van der Waals surface area (Å²) in [5, 5.41) is 1.14. The molecule has 2 heterocycles. The molecule has 0 atom stereocenters. The second kappa shape index (κ2) is 4.12. The summed E-state index contributed by atoms with van der Waals surface area (Å²) in [7, 11) is 0. The van der Waals surface area contributed by atoms with E-state index in [-0.39, 0.29) is 0 Å². The van der Waals surface area contributed by atoms with Crippen molar-refractivity contribution in [1.82, 2.24) is 4.98 Å². The van der Waals surface area contributed by atoms with Crippen LogP contribution < -0.4 is 10.6 Å². The summed E-state index contributed by atoms with van der Waals surface area (Å²) >= 11 is 0. The van der Waals surface area contributed by atoms with Crippen molar-refractivity contribution in [1.29, 1.82) is 0 Å². The van der Waals surface area contributed by atoms with E-state index in [1.165, 1.54) is 49.3 Å². The number of aryl methyl sites for hydroxylation is 1. The Morgan fingerprint density at radius 1 is 1.05 bits per heavy atom. The number of hydrogen-bond donors (Lipinski definition) is 1. The maximum absolute atomic E-state index is 6.38. The lowest BCUT2D eigenvalue weighted by atomic mass is 10.1. The number of aromatic nitrogens is 1. The quantitative estimate of drug-likeness (QED) is 0.849. The fourth-order valence-corrected chi connectivity index (χ4v) is 3.46. The van der Waals surface area contributed by atoms with Gasteiger partial charge in [-0.1, -0.05) is 0 Å². The second-order valence-electron chi connectivity index (χ2n) is 5.70. The first-order valence-corrected chi connectivity index (χ1v) is 7.29. The Bertz CT molecular complexity index is 642. The van der Waals surface area contributed by atoms with Gasteiger partial charge in [-0.05, 0) is 55.9 Å². The summed E-state index contributed by atoms with van der Waals surface area (Å²) < 4.78 is 0. The van der Waals surface area contributed by atoms with Crippen LogP contribution in [-0.4, -0.2) is 18.1 Å². The van der Waals surface area contributed by atoms with E-state index in [1.54, 1.807) is 0 Å². The number of benzene rings is 1. The Balaban J connectivity index is 1.88. The molecule has 1 saturated heterocycles. The molecule has 2 aromatic rings. The van der Waals surface area contributed by atoms with Crippen molar-refractivity contribution in [3.05, 3.63) is 29.5 Å². The van der Waals surface area contributed by atoms with E-state index in [9.17, 15) is 0 Å². The largest absolute Gasteiger partial charge is 0.398 e. The average Bonchev–Trinajstić information content (AvgIpc) is 3.09. The van der Waals surface area contributed by atoms with Gasteiger partial charge < -0.3 is 10.6 Å². The first-order valence-electron chi connectivity index (χ1n) is 7.29. The zero-order valence-corrected chi connectivity index (χ0v) is 11.2. The molecule has 0 radical (unpaired) electrons. The van der Waals surface area contributed by atoms with E-state index in [4.69, 9.17) is 10.7 Å². The normalized spacial score (nSPS) is 18.2. The molecule has 0 unspecified atom stereocenters. The van der Waals surface area contributed by atoms with Crippen molar-refractivity contribution in [3.8, 4) is 0 Å². The minimum Gasteiger partial charge on any atom is -0.398 e. The molecule has 1 fully saturated rings. The molecule has 0 bridgehead atoms. The third kappa shape index (κ3) is 1.68. The van der Waals surface area contributed by atoms with Crippen molar-refractivity contribution < 1.29 is 0 Å². The van der Waals surface area contributed by atoms with Gasteiger partial charge in [0, 0.05) is 35.5 Å². The molecule has 3 nitrogen and oxygen atoms in total. The molecule has 0 amide bonds. The molecule has 1 aromatic heterocycles. The summed E-state index contributed by atoms with van der Waals surface area (Å²) in [5.41, 5.74) is 12.2. The molecule has 0 saturated carbocycles. The molecule has 1 aliphatic carbocycles. The van der Waals surface area contributed by atoms with Gasteiger partial charge in [0.2, 0.25) is 0 Å². The molecule has 19 heavy (non-hydrogen) atoms. The van der Waals surface area contributed by atoms with Gasteiger partial charge in [0.05, 0.1) is 5.52 Å². The van der Waals surface area contributed by atoms with Gasteiger partial charge in [-0.15, -0.1) is 0 Å². The predicted molar refractivity (Wildman–Crippen MR) is 79.6 cm³/mol. The number of nitrogens with two attached hydrogens (primary N) is 1. The predicted octanol–water partition coefficient (Wildman–Crippen LogP) is 2.91. The van der Waals surface area contributed by atoms with E-state index in [2.05, 4.69) is 23.1 Å². The van der Waals surface area contributed by atoms with Crippen molar-refractivity contribution in [3.63, 3.8) is 0 Å². The van der Waals surface area contributed by atoms with Crippen LogP contribution in [0.2, 0.25) is 0 Å². The highest BCUT2D eigenvalue weighted by Crippen LogP contribution is 2.34. The molecule has 3 heteroatoms. The Kier molecular flexibility index (Phi) is 2.40. The fraction of sp³-hybridized carbons (Fsp3) is 0.438. The fourth-order valence-electron chi connectivity index (χ4n) is 3.46. The van der Waals surface area contributed by atoms with Crippen LogP contribution >= 0.6 is 0 Å². The highest BCUT2D eigenvalue weighted by Gasteiger charge is 2.19. The van der Waals surface area contributed by atoms with Crippen LogP contribution in [0.1, 0.15) is 30.5 Å². The van der Waals surface area contributed by atoms with Crippen LogP contribution in [-0.2, 0) is 12.8 Å². The highest BCUT2D eigenvalue weighted by molar-refractivity contribution is 5.94. The number of rotatable bonds is 1. The van der Waals surface area contributed by atoms with Crippen molar-refractivity contribution in [2.75, 3.05) is 23.7 Å². The maximum Gasteiger partial charge on any atom is 0.0727 e. The van der Waals surface area contributed by atoms with Crippen LogP contribution in [0.5, 0.6) is 0 Å². The van der Waals surface area contributed by atoms with Crippen LogP contribution in [0.25, 0.3) is 10.9 Å². The lowest BCUT2D eigenvalue weighted by molar-refractivity contribution is 0.901. The molecule has 4 rings (SSSR count). The molecular formula is C16H19N3. The van der Waals surface area contributed by atoms with E-state index >= 15 is 0 Å². The smallest absolute Gasteiger partial charge is 0.0727 e. The Morgan fingerprint density at radius 2 is 1.89 bits per heavy atom. The SMILES string of the molecule is Nc1c2c(nc3ccc(N4CCCC4)cc13)CCC2. The van der Waals surface area contributed by atoms with Crippen LogP contribution in [0.15, 0.2) is 18.2 Å². The summed E-state index contributed by atoms with van der Waals surface area (Å²) in [5.74, 6) is 0. The van der Waals surface area contributed by atoms with E-state index in [1.807, 2.05) is 0 Å². The summed E-state index contributed by atoms with van der Waals surface area (Å²) in [6.45, 7) is 2.34. The zero-order chi connectivity index (χ0) is 12.8. The summed E-state index contributed by atoms with van der Waals surface area (Å²) in [6.07, 6.45) is 5.98. The zero-order valence-electron chi connectivity index (χ0n) is 11.2. The maximum atomic E-state index is 6.38. The minimum atomic E-state index is 0.971. The lowest BCUT2D eigenvalue weighted by Gasteiger charge is -2.18. The second-order valence-corrected chi connectivity index (χ2v) is 5.70. The molecule has 2 N–H and O–H groups in total. The number of nitrogens with zero attached hydrogens (tertiary/aromatic N) is 2. The van der Waals surface area contributed by atoms with Crippen molar-refractivity contribution in [2.24, 2.45) is 0 Å². The average molecular weight is 253 g/mol. The van der Waals surface area contributed by atoms with Gasteiger partial charge in [-0.2, -0.15) is 0 Å². The van der Waals surface area contributed by atoms with E-state index in [0.717, 1.165) is 29.4 Å². The lowest BCUT2D eigenvalue weighted by Crippen LogP contribution is -2.17. The number of fused-ring (bicyclic) bond motifs is 2. The summed E-state index contributed by atoms with van der Waals surface area (Å²) in [6, 6.07) is 6.57. The van der Waals surface area contributed by atoms with Gasteiger partial charge in [-0.3, -0.25) is 4.98 Å². The summed E-state index contributed by atoms with van der Waals surface area (Å²) in [4.78, 5) is 7.24. The van der Waals surface area contributed by atoms with E-state index < -0.39 is 0 Å². The van der Waals surface area contributed by atoms with Crippen LogP contribution in [0.3, 0.4) is 0 Å². The molecule has 2 aliphatic rings. The standard InChI is InChI=1S/C16H19N3/c17-16-12-4-3-5-14(12)18-15-7-6-11(10-13(15)16)19-8-1-2-9-19/h6-7,10H,1-5,8-9H2,(H2,17,18). The first-order chi connectivity index (χ1) is 9.33. The Morgan fingerprint density at radius 3 is 2.74 bits per heavy atom. The van der Waals surface area contributed by atoms with Crippen molar-refractivity contribution >= 4 is 22.3 Å². The Labute approximate surface area is 113 Å². The minimum absolute atomic E-state index is 0.971. The van der Waals surface area contributed by atoms with Gasteiger partial charge >= 0.3 is 0 Å². The van der Waals surface area contributed by atoms with Gasteiger partial charge in [0.25, 0.3) is 0 Å². The van der Waals surface area contributed by atoms with Gasteiger partial charge in [0.15, 0.2) is 0 Å². The first kappa shape index (κ1) is 11.1. The molecule has 1 aliphatic heterocycles. The monoisotopic (exact) mass is 253 g/mol. The van der Waals surface area contributed by atoms with Crippen LogP contribution in [0.4, 0.5) is 11.4 Å². The number of anilines is 2. The van der Waals surface area contributed by atoms with Gasteiger partial charge in [-0.25, -0.2) is 0 Å². The van der Waals surface area contributed by atoms with Crippen LogP contribution in [0, 0.1) is 0 Å². The number of pyridine rings is 1. The third-order valence-electron chi connectivity index (χ3n) is 4.51. The molecular weight excluding hydrogens is 234 g/mol. The molecule has 98 valence electrons. The topological polar surface area (TPSA) is 42.1 Å². The van der Waals surface area contributed by atoms with E-state index in [0.29, 0.717) is 0 Å².